The third kappa shape index (κ3) is 5.67. The summed E-state index contributed by atoms with van der Waals surface area (Å²) in [7, 11) is 0. The fraction of sp³-hybridized carbons (Fsp3) is 0.318. The van der Waals surface area contributed by atoms with Crippen molar-refractivity contribution in [2.24, 2.45) is 0 Å². The zero-order valence-corrected chi connectivity index (χ0v) is 16.5. The van der Waals surface area contributed by atoms with Crippen molar-refractivity contribution in [3.63, 3.8) is 0 Å². The highest BCUT2D eigenvalue weighted by molar-refractivity contribution is 5.96. The summed E-state index contributed by atoms with van der Waals surface area (Å²) in [5.41, 5.74) is 3.23. The van der Waals surface area contributed by atoms with E-state index >= 15 is 0 Å². The van der Waals surface area contributed by atoms with Crippen molar-refractivity contribution in [1.82, 2.24) is 0 Å². The smallest absolute Gasteiger partial charge is 0.344 e. The molecule has 1 atom stereocenters. The Balaban J connectivity index is 1.91. The SMILES string of the molecule is Cc1cccc(C(C)C)c1NC(=O)[C@H](C)OC(=O)COc1ccc(C=O)cc1. The van der Waals surface area contributed by atoms with Crippen LogP contribution in [0.15, 0.2) is 42.5 Å². The first-order valence-corrected chi connectivity index (χ1v) is 9.09. The van der Waals surface area contributed by atoms with Crippen LogP contribution in [0.3, 0.4) is 0 Å². The van der Waals surface area contributed by atoms with E-state index in [2.05, 4.69) is 5.32 Å². The van der Waals surface area contributed by atoms with Crippen LogP contribution >= 0.6 is 0 Å². The van der Waals surface area contributed by atoms with E-state index in [4.69, 9.17) is 9.47 Å². The van der Waals surface area contributed by atoms with E-state index in [1.807, 2.05) is 39.0 Å². The zero-order valence-electron chi connectivity index (χ0n) is 16.5. The molecule has 0 aliphatic rings. The minimum absolute atomic E-state index is 0.243. The van der Waals surface area contributed by atoms with Gasteiger partial charge in [0.2, 0.25) is 0 Å². The summed E-state index contributed by atoms with van der Waals surface area (Å²) in [5.74, 6) is -0.385. The van der Waals surface area contributed by atoms with Gasteiger partial charge in [0.05, 0.1) is 0 Å². The van der Waals surface area contributed by atoms with Gasteiger partial charge in [0.15, 0.2) is 12.7 Å². The summed E-state index contributed by atoms with van der Waals surface area (Å²) in [5, 5.41) is 2.86. The molecule has 1 N–H and O–H groups in total. The lowest BCUT2D eigenvalue weighted by molar-refractivity contribution is -0.155. The lowest BCUT2D eigenvalue weighted by atomic mass is 9.98. The predicted molar refractivity (Wildman–Crippen MR) is 107 cm³/mol. The van der Waals surface area contributed by atoms with Gasteiger partial charge >= 0.3 is 5.97 Å². The molecule has 0 fully saturated rings. The molecule has 6 heteroatoms. The van der Waals surface area contributed by atoms with E-state index in [0.717, 1.165) is 23.1 Å². The van der Waals surface area contributed by atoms with Crippen LogP contribution in [0.1, 0.15) is 48.2 Å². The topological polar surface area (TPSA) is 81.7 Å². The van der Waals surface area contributed by atoms with Gasteiger partial charge in [0.25, 0.3) is 5.91 Å². The number of aryl methyl sites for hydroxylation is 1. The van der Waals surface area contributed by atoms with Crippen LogP contribution in [0.4, 0.5) is 5.69 Å². The van der Waals surface area contributed by atoms with Crippen LogP contribution in [-0.4, -0.2) is 30.9 Å². The largest absolute Gasteiger partial charge is 0.482 e. The van der Waals surface area contributed by atoms with Crippen molar-refractivity contribution < 1.29 is 23.9 Å². The summed E-state index contributed by atoms with van der Waals surface area (Å²) in [6.07, 6.45) is -0.245. The molecule has 1 amide bonds. The molecule has 2 rings (SSSR count). The van der Waals surface area contributed by atoms with Gasteiger partial charge in [-0.1, -0.05) is 32.0 Å². The summed E-state index contributed by atoms with van der Waals surface area (Å²) < 4.78 is 10.5. The fourth-order valence-corrected chi connectivity index (χ4v) is 2.64. The van der Waals surface area contributed by atoms with Gasteiger partial charge < -0.3 is 14.8 Å². The van der Waals surface area contributed by atoms with Crippen molar-refractivity contribution in [3.8, 4) is 5.75 Å². The maximum atomic E-state index is 12.5. The van der Waals surface area contributed by atoms with Crippen LogP contribution in [-0.2, 0) is 14.3 Å². The lowest BCUT2D eigenvalue weighted by Gasteiger charge is -2.19. The molecule has 0 saturated heterocycles. The van der Waals surface area contributed by atoms with Gasteiger partial charge in [-0.2, -0.15) is 0 Å². The number of hydrogen-bond acceptors (Lipinski definition) is 5. The second-order valence-corrected chi connectivity index (χ2v) is 6.79. The molecular weight excluding hydrogens is 358 g/mol. The van der Waals surface area contributed by atoms with Crippen molar-refractivity contribution in [1.29, 1.82) is 0 Å². The summed E-state index contributed by atoms with van der Waals surface area (Å²) in [6.45, 7) is 7.20. The molecule has 2 aromatic rings. The number of carbonyl (C=O) groups is 3. The first-order chi connectivity index (χ1) is 13.3. The van der Waals surface area contributed by atoms with Gasteiger partial charge in [-0.25, -0.2) is 4.79 Å². The number of carbonyl (C=O) groups excluding carboxylic acids is 3. The Bertz CT molecular complexity index is 843. The Hall–Kier alpha value is -3.15. The number of hydrogen-bond donors (Lipinski definition) is 1. The normalized spacial score (nSPS) is 11.6. The molecule has 0 unspecified atom stereocenters. The van der Waals surface area contributed by atoms with Crippen LogP contribution in [0.25, 0.3) is 0 Å². The fourth-order valence-electron chi connectivity index (χ4n) is 2.64. The Morgan fingerprint density at radius 2 is 1.75 bits per heavy atom. The molecule has 0 aromatic heterocycles. The number of nitrogens with one attached hydrogen (secondary N) is 1. The van der Waals surface area contributed by atoms with Gasteiger partial charge in [-0.3, -0.25) is 9.59 Å². The van der Waals surface area contributed by atoms with E-state index in [1.165, 1.54) is 6.92 Å². The first kappa shape index (κ1) is 21.2. The van der Waals surface area contributed by atoms with E-state index in [9.17, 15) is 14.4 Å². The molecular formula is C22H25NO5. The maximum Gasteiger partial charge on any atom is 0.344 e. The number of para-hydroxylation sites is 1. The number of anilines is 1. The van der Waals surface area contributed by atoms with Gasteiger partial charge in [-0.05, 0) is 55.2 Å². The quantitative estimate of drug-likeness (QED) is 0.553. The number of amides is 1. The number of esters is 1. The Morgan fingerprint density at radius 3 is 2.36 bits per heavy atom. The molecule has 0 spiro atoms. The average molecular weight is 383 g/mol. The Morgan fingerprint density at radius 1 is 1.07 bits per heavy atom. The highest BCUT2D eigenvalue weighted by atomic mass is 16.6. The molecule has 0 heterocycles. The zero-order chi connectivity index (χ0) is 20.7. The standard InChI is InChI=1S/C22H25NO5/c1-14(2)19-7-5-6-15(3)21(19)23-22(26)16(4)28-20(25)13-27-18-10-8-17(12-24)9-11-18/h5-12,14,16H,13H2,1-4H3,(H,23,26)/t16-/m0/s1. The molecule has 2 aromatic carbocycles. The lowest BCUT2D eigenvalue weighted by Crippen LogP contribution is -2.32. The van der Waals surface area contributed by atoms with Crippen molar-refractivity contribution in [3.05, 3.63) is 59.2 Å². The number of aldehydes is 1. The van der Waals surface area contributed by atoms with Crippen LogP contribution in [0, 0.1) is 6.92 Å². The highest BCUT2D eigenvalue weighted by Crippen LogP contribution is 2.27. The molecule has 148 valence electrons. The molecule has 0 bridgehead atoms. The minimum Gasteiger partial charge on any atom is -0.482 e. The third-order valence-electron chi connectivity index (χ3n) is 4.23. The number of rotatable bonds is 8. The summed E-state index contributed by atoms with van der Waals surface area (Å²) in [4.78, 5) is 35.0. The average Bonchev–Trinajstić information content (AvgIpc) is 2.67. The van der Waals surface area contributed by atoms with Crippen LogP contribution in [0.2, 0.25) is 0 Å². The first-order valence-electron chi connectivity index (χ1n) is 9.09. The van der Waals surface area contributed by atoms with Gasteiger partial charge in [-0.15, -0.1) is 0 Å². The summed E-state index contributed by atoms with van der Waals surface area (Å²) >= 11 is 0. The third-order valence-corrected chi connectivity index (χ3v) is 4.23. The Kier molecular flexibility index (Phi) is 7.32. The molecule has 0 aliphatic heterocycles. The molecule has 0 saturated carbocycles. The number of ether oxygens (including phenoxy) is 2. The highest BCUT2D eigenvalue weighted by Gasteiger charge is 2.20. The van der Waals surface area contributed by atoms with E-state index in [-0.39, 0.29) is 12.5 Å². The second kappa shape index (κ2) is 9.69. The maximum absolute atomic E-state index is 12.5. The van der Waals surface area contributed by atoms with E-state index in [1.54, 1.807) is 24.3 Å². The minimum atomic E-state index is -0.965. The monoisotopic (exact) mass is 383 g/mol. The van der Waals surface area contributed by atoms with E-state index < -0.39 is 18.0 Å². The van der Waals surface area contributed by atoms with Crippen LogP contribution < -0.4 is 10.1 Å². The summed E-state index contributed by atoms with van der Waals surface area (Å²) in [6, 6.07) is 12.2. The van der Waals surface area contributed by atoms with Crippen molar-refractivity contribution in [2.75, 3.05) is 11.9 Å². The Labute approximate surface area is 164 Å². The number of benzene rings is 2. The molecule has 6 nitrogen and oxygen atoms in total. The van der Waals surface area contributed by atoms with Gasteiger partial charge in [0.1, 0.15) is 12.0 Å². The molecule has 0 radical (unpaired) electrons. The van der Waals surface area contributed by atoms with E-state index in [0.29, 0.717) is 11.3 Å². The second-order valence-electron chi connectivity index (χ2n) is 6.79. The van der Waals surface area contributed by atoms with Crippen molar-refractivity contribution in [2.45, 2.75) is 39.7 Å². The van der Waals surface area contributed by atoms with Crippen molar-refractivity contribution >= 4 is 23.9 Å². The van der Waals surface area contributed by atoms with Crippen LogP contribution in [0.5, 0.6) is 5.75 Å². The molecule has 0 aliphatic carbocycles. The molecule has 28 heavy (non-hydrogen) atoms. The van der Waals surface area contributed by atoms with Gasteiger partial charge in [0, 0.05) is 11.3 Å². The predicted octanol–water partition coefficient (Wildman–Crippen LogP) is 3.88.